The molecule has 17 heavy (non-hydrogen) atoms. The molecule has 0 spiro atoms. The normalized spacial score (nSPS) is 13.9. The van der Waals surface area contributed by atoms with Crippen LogP contribution in [0.15, 0.2) is 17.6 Å². The van der Waals surface area contributed by atoms with Gasteiger partial charge in [0.2, 0.25) is 0 Å². The molecular weight excluding hydrogens is 253 g/mol. The van der Waals surface area contributed by atoms with Gasteiger partial charge in [-0.2, -0.15) is 13.2 Å². The first-order chi connectivity index (χ1) is 7.89. The predicted molar refractivity (Wildman–Crippen MR) is 60.2 cm³/mol. The number of nitrogen functional groups attached to an aromatic ring is 1. The number of thiazole rings is 1. The third kappa shape index (κ3) is 2.28. The van der Waals surface area contributed by atoms with Crippen molar-refractivity contribution in [2.75, 3.05) is 5.73 Å². The van der Waals surface area contributed by atoms with Crippen LogP contribution < -0.4 is 10.5 Å². The Balaban J connectivity index is 2.33. The van der Waals surface area contributed by atoms with E-state index in [9.17, 15) is 13.2 Å². The van der Waals surface area contributed by atoms with E-state index in [-0.39, 0.29) is 11.4 Å². The van der Waals surface area contributed by atoms with Gasteiger partial charge in [0.1, 0.15) is 17.0 Å². The van der Waals surface area contributed by atoms with Crippen molar-refractivity contribution in [1.29, 1.82) is 0 Å². The van der Waals surface area contributed by atoms with Crippen LogP contribution >= 0.6 is 11.3 Å². The molecule has 0 fully saturated rings. The molecule has 1 heterocycles. The van der Waals surface area contributed by atoms with E-state index < -0.39 is 12.3 Å². The molecule has 7 heteroatoms. The van der Waals surface area contributed by atoms with Crippen molar-refractivity contribution in [3.05, 3.63) is 17.6 Å². The van der Waals surface area contributed by atoms with Gasteiger partial charge >= 0.3 is 6.18 Å². The Kier molecular flexibility index (Phi) is 2.86. The molecule has 0 amide bonds. The second-order valence-corrected chi connectivity index (χ2v) is 4.36. The molecule has 1 atom stereocenters. The first-order valence-electron chi connectivity index (χ1n) is 4.74. The number of hydrogen-bond donors (Lipinski definition) is 1. The van der Waals surface area contributed by atoms with E-state index in [1.165, 1.54) is 17.4 Å². The average Bonchev–Trinajstić information content (AvgIpc) is 2.69. The fourth-order valence-electron chi connectivity index (χ4n) is 1.29. The zero-order valence-electron chi connectivity index (χ0n) is 8.78. The van der Waals surface area contributed by atoms with Crippen molar-refractivity contribution in [3.8, 4) is 5.75 Å². The third-order valence-electron chi connectivity index (χ3n) is 2.27. The maximum atomic E-state index is 12.3. The van der Waals surface area contributed by atoms with E-state index in [0.29, 0.717) is 5.52 Å². The summed E-state index contributed by atoms with van der Waals surface area (Å²) >= 11 is 1.37. The number of aromatic nitrogens is 1. The van der Waals surface area contributed by atoms with E-state index in [4.69, 9.17) is 10.5 Å². The smallest absolute Gasteiger partial charge is 0.425 e. The molecule has 2 rings (SSSR count). The molecule has 2 N–H and O–H groups in total. The van der Waals surface area contributed by atoms with Crippen LogP contribution in [0, 0.1) is 0 Å². The number of nitrogens with two attached hydrogens (primary N) is 1. The number of halogens is 3. The quantitative estimate of drug-likeness (QED) is 0.845. The molecule has 3 nitrogen and oxygen atoms in total. The number of fused-ring (bicyclic) bond motifs is 1. The summed E-state index contributed by atoms with van der Waals surface area (Å²) in [6.07, 6.45) is -6.32. The predicted octanol–water partition coefficient (Wildman–Crippen LogP) is 3.21. The number of hydrogen-bond acceptors (Lipinski definition) is 4. The zero-order valence-corrected chi connectivity index (χ0v) is 9.60. The molecular formula is C10H9F3N2OS. The van der Waals surface area contributed by atoms with Crippen molar-refractivity contribution >= 4 is 27.2 Å². The fourth-order valence-corrected chi connectivity index (χ4v) is 1.99. The van der Waals surface area contributed by atoms with Gasteiger partial charge in [-0.05, 0) is 19.1 Å². The van der Waals surface area contributed by atoms with Gasteiger partial charge in [0.15, 0.2) is 6.10 Å². The number of rotatable bonds is 2. The van der Waals surface area contributed by atoms with E-state index in [1.807, 2.05) is 0 Å². The topological polar surface area (TPSA) is 48.1 Å². The highest BCUT2D eigenvalue weighted by Gasteiger charge is 2.38. The van der Waals surface area contributed by atoms with Crippen LogP contribution in [-0.2, 0) is 0 Å². The molecule has 2 aromatic rings. The minimum atomic E-state index is -4.41. The van der Waals surface area contributed by atoms with Gasteiger partial charge in [-0.15, -0.1) is 11.3 Å². The number of benzene rings is 1. The van der Waals surface area contributed by atoms with Gasteiger partial charge < -0.3 is 10.5 Å². The summed E-state index contributed by atoms with van der Waals surface area (Å²) < 4.78 is 42.6. The van der Waals surface area contributed by atoms with E-state index in [0.717, 1.165) is 11.6 Å². The Labute approximate surface area is 99.0 Å². The van der Waals surface area contributed by atoms with Crippen LogP contribution in [0.4, 0.5) is 18.9 Å². The third-order valence-corrected chi connectivity index (χ3v) is 3.06. The summed E-state index contributed by atoms with van der Waals surface area (Å²) in [4.78, 5) is 3.98. The standard InChI is InChI=1S/C10H9F3N2OS/c1-5(10(11,12)13)16-6-2-3-7-9(8(6)14)15-4-17-7/h2-5H,14H2,1H3. The molecule has 0 saturated heterocycles. The van der Waals surface area contributed by atoms with Crippen LogP contribution in [0.2, 0.25) is 0 Å². The van der Waals surface area contributed by atoms with Crippen LogP contribution in [0.3, 0.4) is 0 Å². The number of nitrogens with zero attached hydrogens (tertiary/aromatic N) is 1. The zero-order chi connectivity index (χ0) is 12.6. The summed E-state index contributed by atoms with van der Waals surface area (Å²) in [5.74, 6) is 0.00762. The van der Waals surface area contributed by atoms with E-state index >= 15 is 0 Å². The Bertz CT molecular complexity index is 538. The average molecular weight is 262 g/mol. The molecule has 0 aliphatic heterocycles. The fraction of sp³-hybridized carbons (Fsp3) is 0.300. The van der Waals surface area contributed by atoms with Crippen molar-refractivity contribution in [2.45, 2.75) is 19.2 Å². The highest BCUT2D eigenvalue weighted by molar-refractivity contribution is 7.16. The Morgan fingerprint density at radius 1 is 1.41 bits per heavy atom. The highest BCUT2D eigenvalue weighted by Crippen LogP contribution is 2.34. The van der Waals surface area contributed by atoms with Gasteiger partial charge in [0.25, 0.3) is 0 Å². The number of alkyl halides is 3. The second-order valence-electron chi connectivity index (χ2n) is 3.48. The monoisotopic (exact) mass is 262 g/mol. The first-order valence-corrected chi connectivity index (χ1v) is 5.62. The summed E-state index contributed by atoms with van der Waals surface area (Å²) in [6.45, 7) is 0.935. The Morgan fingerprint density at radius 3 is 2.76 bits per heavy atom. The Morgan fingerprint density at radius 2 is 2.12 bits per heavy atom. The van der Waals surface area contributed by atoms with Gasteiger partial charge in [0, 0.05) is 0 Å². The summed E-state index contributed by atoms with van der Waals surface area (Å²) in [6, 6.07) is 3.07. The van der Waals surface area contributed by atoms with E-state index in [2.05, 4.69) is 4.98 Å². The summed E-state index contributed by atoms with van der Waals surface area (Å²) in [7, 11) is 0. The maximum Gasteiger partial charge on any atom is 0.425 e. The van der Waals surface area contributed by atoms with Crippen molar-refractivity contribution in [1.82, 2.24) is 4.98 Å². The summed E-state index contributed by atoms with van der Waals surface area (Å²) in [5, 5.41) is 0. The molecule has 0 bridgehead atoms. The lowest BCUT2D eigenvalue weighted by Gasteiger charge is -2.18. The van der Waals surface area contributed by atoms with Crippen LogP contribution in [0.1, 0.15) is 6.92 Å². The van der Waals surface area contributed by atoms with Crippen LogP contribution in [-0.4, -0.2) is 17.3 Å². The van der Waals surface area contributed by atoms with E-state index in [1.54, 1.807) is 11.6 Å². The van der Waals surface area contributed by atoms with Gasteiger partial charge in [-0.1, -0.05) is 0 Å². The van der Waals surface area contributed by atoms with Crippen LogP contribution in [0.5, 0.6) is 5.75 Å². The molecule has 1 aromatic heterocycles. The van der Waals surface area contributed by atoms with Gasteiger partial charge in [-0.25, -0.2) is 4.98 Å². The minimum Gasteiger partial charge on any atom is -0.479 e. The molecule has 0 saturated carbocycles. The highest BCUT2D eigenvalue weighted by atomic mass is 32.1. The molecule has 0 radical (unpaired) electrons. The first kappa shape index (κ1) is 12.0. The lowest BCUT2D eigenvalue weighted by Crippen LogP contribution is -2.31. The van der Waals surface area contributed by atoms with Crippen molar-refractivity contribution in [2.24, 2.45) is 0 Å². The largest absolute Gasteiger partial charge is 0.479 e. The minimum absolute atomic E-state index is 0.00762. The maximum absolute atomic E-state index is 12.3. The summed E-state index contributed by atoms with van der Waals surface area (Å²) in [5.41, 5.74) is 7.90. The molecule has 1 unspecified atom stereocenters. The number of anilines is 1. The van der Waals surface area contributed by atoms with Crippen molar-refractivity contribution < 1.29 is 17.9 Å². The van der Waals surface area contributed by atoms with Crippen molar-refractivity contribution in [3.63, 3.8) is 0 Å². The molecule has 0 aliphatic carbocycles. The molecule has 1 aromatic carbocycles. The number of ether oxygens (including phenoxy) is 1. The lowest BCUT2D eigenvalue weighted by molar-refractivity contribution is -0.189. The Hall–Kier alpha value is -1.50. The lowest BCUT2D eigenvalue weighted by atomic mass is 10.2. The van der Waals surface area contributed by atoms with Gasteiger partial charge in [-0.3, -0.25) is 0 Å². The van der Waals surface area contributed by atoms with Crippen LogP contribution in [0.25, 0.3) is 10.2 Å². The SMILES string of the molecule is CC(Oc1ccc2scnc2c1N)C(F)(F)F. The second kappa shape index (κ2) is 4.06. The molecule has 92 valence electrons. The van der Waals surface area contributed by atoms with Gasteiger partial charge in [0.05, 0.1) is 10.2 Å². The molecule has 0 aliphatic rings.